The third-order valence-electron chi connectivity index (χ3n) is 3.29. The van der Waals surface area contributed by atoms with Crippen LogP contribution >= 0.6 is 0 Å². The van der Waals surface area contributed by atoms with Crippen molar-refractivity contribution in [3.05, 3.63) is 0 Å². The number of ether oxygens (including phenoxy) is 1. The lowest BCUT2D eigenvalue weighted by atomic mass is 9.81. The van der Waals surface area contributed by atoms with E-state index in [9.17, 15) is 0 Å². The second-order valence-corrected chi connectivity index (χ2v) is 4.48. The van der Waals surface area contributed by atoms with Crippen LogP contribution in [0.3, 0.4) is 0 Å². The van der Waals surface area contributed by atoms with Crippen LogP contribution in [0, 0.1) is 5.92 Å². The summed E-state index contributed by atoms with van der Waals surface area (Å²) in [6, 6.07) is 0.456. The molecule has 15 heavy (non-hydrogen) atoms. The minimum atomic E-state index is 0.0128. The standard InChI is InChI=1S/C13H29NO/c1-7-13(8-2,15-10-4)12(11(5)6)14-9-3/h11-12,14H,7-10H2,1-6H3. The number of likely N-dealkylation sites (N-methyl/N-ethyl adjacent to an activating group) is 1. The van der Waals surface area contributed by atoms with Crippen molar-refractivity contribution in [3.63, 3.8) is 0 Å². The number of rotatable bonds is 8. The van der Waals surface area contributed by atoms with Crippen LogP contribution in [0.25, 0.3) is 0 Å². The Balaban J connectivity index is 4.79. The summed E-state index contributed by atoms with van der Waals surface area (Å²) in [5.74, 6) is 0.608. The molecule has 0 heterocycles. The van der Waals surface area contributed by atoms with Gasteiger partial charge in [0.15, 0.2) is 0 Å². The van der Waals surface area contributed by atoms with Gasteiger partial charge in [0.25, 0.3) is 0 Å². The van der Waals surface area contributed by atoms with Crippen LogP contribution in [0.5, 0.6) is 0 Å². The molecular weight excluding hydrogens is 186 g/mol. The van der Waals surface area contributed by atoms with E-state index in [4.69, 9.17) is 4.74 Å². The molecule has 2 heteroatoms. The average molecular weight is 215 g/mol. The Morgan fingerprint density at radius 3 is 1.87 bits per heavy atom. The van der Waals surface area contributed by atoms with Gasteiger partial charge < -0.3 is 10.1 Å². The molecule has 0 radical (unpaired) electrons. The molecule has 0 aliphatic rings. The Hall–Kier alpha value is -0.0800. The maximum atomic E-state index is 6.04. The van der Waals surface area contributed by atoms with Crippen molar-refractivity contribution in [2.24, 2.45) is 5.92 Å². The molecule has 0 fully saturated rings. The second kappa shape index (κ2) is 7.24. The van der Waals surface area contributed by atoms with E-state index in [0.29, 0.717) is 12.0 Å². The normalized spacial score (nSPS) is 14.6. The first kappa shape index (κ1) is 14.9. The summed E-state index contributed by atoms with van der Waals surface area (Å²) in [5, 5.41) is 3.58. The molecule has 0 saturated heterocycles. The SMILES string of the molecule is CCNC(C(C)C)C(CC)(CC)OCC. The summed E-state index contributed by atoms with van der Waals surface area (Å²) in [4.78, 5) is 0. The molecule has 0 aliphatic carbocycles. The van der Waals surface area contributed by atoms with Gasteiger partial charge >= 0.3 is 0 Å². The molecule has 0 aromatic rings. The zero-order valence-corrected chi connectivity index (χ0v) is 11.4. The Morgan fingerprint density at radius 1 is 1.07 bits per heavy atom. The summed E-state index contributed by atoms with van der Waals surface area (Å²) in [6.07, 6.45) is 2.15. The molecule has 2 nitrogen and oxygen atoms in total. The fraction of sp³-hybridized carbons (Fsp3) is 1.00. The van der Waals surface area contributed by atoms with E-state index in [2.05, 4.69) is 46.9 Å². The van der Waals surface area contributed by atoms with Gasteiger partial charge in [-0.05, 0) is 32.2 Å². The highest BCUT2D eigenvalue weighted by Crippen LogP contribution is 2.29. The summed E-state index contributed by atoms with van der Waals surface area (Å²) in [7, 11) is 0. The van der Waals surface area contributed by atoms with E-state index in [1.54, 1.807) is 0 Å². The van der Waals surface area contributed by atoms with Gasteiger partial charge in [-0.25, -0.2) is 0 Å². The van der Waals surface area contributed by atoms with Gasteiger partial charge in [0.2, 0.25) is 0 Å². The predicted molar refractivity (Wildman–Crippen MR) is 67.2 cm³/mol. The van der Waals surface area contributed by atoms with Gasteiger partial charge in [0.1, 0.15) is 0 Å². The second-order valence-electron chi connectivity index (χ2n) is 4.48. The van der Waals surface area contributed by atoms with Crippen LogP contribution in [-0.4, -0.2) is 24.8 Å². The molecule has 1 unspecified atom stereocenters. The van der Waals surface area contributed by atoms with Crippen LogP contribution in [0.4, 0.5) is 0 Å². The predicted octanol–water partition coefficient (Wildman–Crippen LogP) is 3.22. The van der Waals surface area contributed by atoms with Crippen molar-refractivity contribution in [3.8, 4) is 0 Å². The van der Waals surface area contributed by atoms with Crippen LogP contribution in [0.1, 0.15) is 54.4 Å². The third kappa shape index (κ3) is 3.76. The molecule has 0 aromatic heterocycles. The zero-order valence-electron chi connectivity index (χ0n) is 11.4. The van der Waals surface area contributed by atoms with E-state index in [1.165, 1.54) is 0 Å². The Labute approximate surface area is 95.8 Å². The molecular formula is C13H29NO. The van der Waals surface area contributed by atoms with E-state index in [1.807, 2.05) is 0 Å². The Kier molecular flexibility index (Phi) is 7.20. The minimum Gasteiger partial charge on any atom is -0.374 e. The summed E-state index contributed by atoms with van der Waals surface area (Å²) >= 11 is 0. The summed E-state index contributed by atoms with van der Waals surface area (Å²) in [5.41, 5.74) is 0.0128. The van der Waals surface area contributed by atoms with Crippen LogP contribution in [-0.2, 0) is 4.74 Å². The van der Waals surface area contributed by atoms with Crippen molar-refractivity contribution >= 4 is 0 Å². The van der Waals surface area contributed by atoms with Crippen molar-refractivity contribution in [1.82, 2.24) is 5.32 Å². The highest BCUT2D eigenvalue weighted by Gasteiger charge is 2.37. The van der Waals surface area contributed by atoms with E-state index >= 15 is 0 Å². The van der Waals surface area contributed by atoms with Crippen molar-refractivity contribution < 1.29 is 4.74 Å². The van der Waals surface area contributed by atoms with E-state index in [0.717, 1.165) is 26.0 Å². The molecule has 0 aliphatic heterocycles. The van der Waals surface area contributed by atoms with E-state index in [-0.39, 0.29) is 5.60 Å². The molecule has 0 amide bonds. The molecule has 0 saturated carbocycles. The summed E-state index contributed by atoms with van der Waals surface area (Å²) in [6.45, 7) is 15.1. The lowest BCUT2D eigenvalue weighted by Crippen LogP contribution is -2.54. The first-order valence-corrected chi connectivity index (χ1v) is 6.45. The van der Waals surface area contributed by atoms with Gasteiger partial charge in [-0.3, -0.25) is 0 Å². The number of hydrogen-bond acceptors (Lipinski definition) is 2. The topological polar surface area (TPSA) is 21.3 Å². The fourth-order valence-electron chi connectivity index (χ4n) is 2.52. The molecule has 0 rings (SSSR count). The largest absolute Gasteiger partial charge is 0.374 e. The average Bonchev–Trinajstić information content (AvgIpc) is 2.23. The monoisotopic (exact) mass is 215 g/mol. The van der Waals surface area contributed by atoms with Gasteiger partial charge in [0.05, 0.1) is 5.60 Å². The highest BCUT2D eigenvalue weighted by atomic mass is 16.5. The van der Waals surface area contributed by atoms with Gasteiger partial charge in [-0.1, -0.05) is 34.6 Å². The first-order chi connectivity index (χ1) is 7.07. The Bertz CT molecular complexity index is 153. The number of nitrogens with one attached hydrogen (secondary N) is 1. The molecule has 1 N–H and O–H groups in total. The van der Waals surface area contributed by atoms with Gasteiger partial charge in [-0.2, -0.15) is 0 Å². The van der Waals surface area contributed by atoms with Gasteiger partial charge in [-0.15, -0.1) is 0 Å². The smallest absolute Gasteiger partial charge is 0.0831 e. The lowest BCUT2D eigenvalue weighted by Gasteiger charge is -2.42. The highest BCUT2D eigenvalue weighted by molar-refractivity contribution is 4.93. The molecule has 0 spiro atoms. The summed E-state index contributed by atoms with van der Waals surface area (Å²) < 4.78 is 6.04. The van der Waals surface area contributed by atoms with Crippen molar-refractivity contribution in [2.45, 2.75) is 66.0 Å². The fourth-order valence-corrected chi connectivity index (χ4v) is 2.52. The maximum absolute atomic E-state index is 6.04. The van der Waals surface area contributed by atoms with Crippen LogP contribution in [0.15, 0.2) is 0 Å². The minimum absolute atomic E-state index is 0.0128. The lowest BCUT2D eigenvalue weighted by molar-refractivity contribution is -0.0818. The van der Waals surface area contributed by atoms with E-state index < -0.39 is 0 Å². The molecule has 0 aromatic carbocycles. The first-order valence-electron chi connectivity index (χ1n) is 6.45. The quantitative estimate of drug-likeness (QED) is 0.671. The Morgan fingerprint density at radius 2 is 1.60 bits per heavy atom. The van der Waals surface area contributed by atoms with Crippen molar-refractivity contribution in [2.75, 3.05) is 13.2 Å². The molecule has 0 bridgehead atoms. The molecule has 1 atom stereocenters. The molecule has 92 valence electrons. The maximum Gasteiger partial charge on any atom is 0.0831 e. The third-order valence-corrected chi connectivity index (χ3v) is 3.29. The van der Waals surface area contributed by atoms with Crippen molar-refractivity contribution in [1.29, 1.82) is 0 Å². The number of hydrogen-bond donors (Lipinski definition) is 1. The van der Waals surface area contributed by atoms with Gasteiger partial charge in [0, 0.05) is 12.6 Å². The van der Waals surface area contributed by atoms with Crippen LogP contribution in [0.2, 0.25) is 0 Å². The van der Waals surface area contributed by atoms with Crippen LogP contribution < -0.4 is 5.32 Å². The zero-order chi connectivity index (χ0) is 11.9.